The van der Waals surface area contributed by atoms with Gasteiger partial charge in [-0.25, -0.2) is 0 Å². The summed E-state index contributed by atoms with van der Waals surface area (Å²) < 4.78 is 2.23. The van der Waals surface area contributed by atoms with Crippen molar-refractivity contribution in [3.8, 4) is 0 Å². The molecule has 2 nitrogen and oxygen atoms in total. The lowest BCUT2D eigenvalue weighted by Gasteiger charge is -1.88. The minimum atomic E-state index is 1.10. The van der Waals surface area contributed by atoms with Gasteiger partial charge >= 0.3 is 5.17 Å². The van der Waals surface area contributed by atoms with E-state index >= 15 is 0 Å². The van der Waals surface area contributed by atoms with Crippen LogP contribution in [0.4, 0.5) is 0 Å². The van der Waals surface area contributed by atoms with E-state index in [1.807, 2.05) is 0 Å². The highest BCUT2D eigenvalue weighted by molar-refractivity contribution is 8.13. The van der Waals surface area contributed by atoms with E-state index in [0.29, 0.717) is 0 Å². The zero-order chi connectivity index (χ0) is 5.98. The lowest BCUT2D eigenvalue weighted by Crippen LogP contribution is -2.16. The van der Waals surface area contributed by atoms with E-state index in [1.54, 1.807) is 11.8 Å². The maximum atomic E-state index is 3.26. The van der Waals surface area contributed by atoms with Crippen LogP contribution in [0.3, 0.4) is 0 Å². The summed E-state index contributed by atoms with van der Waals surface area (Å²) in [4.78, 5) is 0. The third-order valence-corrected chi connectivity index (χ3v) is 2.11. The van der Waals surface area contributed by atoms with Gasteiger partial charge in [-0.1, -0.05) is 0 Å². The van der Waals surface area contributed by atoms with Crippen LogP contribution >= 0.6 is 11.8 Å². The number of rotatable bonds is 0. The van der Waals surface area contributed by atoms with Crippen molar-refractivity contribution in [2.24, 2.45) is 0 Å². The predicted octanol–water partition coefficient (Wildman–Crippen LogP) is -0.0491. The third kappa shape index (κ3) is 0.968. The second-order valence-electron chi connectivity index (χ2n) is 1.86. The summed E-state index contributed by atoms with van der Waals surface area (Å²) in [6.45, 7) is 2.25. The average Bonchev–Trinajstić information content (AvgIpc) is 2.14. The van der Waals surface area contributed by atoms with Crippen molar-refractivity contribution in [1.29, 1.82) is 0 Å². The first-order valence-corrected chi connectivity index (χ1v) is 3.93. The molecule has 46 valence electrons. The Morgan fingerprint density at radius 1 is 1.75 bits per heavy atom. The van der Waals surface area contributed by atoms with Gasteiger partial charge in [0, 0.05) is 0 Å². The number of hydrogen-bond donors (Lipinski definition) is 1. The number of amidine groups is 1. The lowest BCUT2D eigenvalue weighted by atomic mass is 10.7. The molecule has 0 bridgehead atoms. The van der Waals surface area contributed by atoms with Crippen LogP contribution in [-0.2, 0) is 0 Å². The molecule has 1 aliphatic heterocycles. The number of nitrogens with zero attached hydrogens (tertiary/aromatic N) is 1. The Labute approximate surface area is 54.0 Å². The molecule has 0 saturated carbocycles. The maximum Gasteiger partial charge on any atom is 0.305 e. The molecule has 0 aromatic heterocycles. The molecule has 0 saturated heterocycles. The van der Waals surface area contributed by atoms with Gasteiger partial charge in [-0.05, 0) is 18.0 Å². The highest BCUT2D eigenvalue weighted by Gasteiger charge is 2.14. The number of thioether (sulfide) groups is 1. The summed E-state index contributed by atoms with van der Waals surface area (Å²) in [6.07, 6.45) is 2.09. The van der Waals surface area contributed by atoms with Gasteiger partial charge in [0.1, 0.15) is 13.1 Å². The van der Waals surface area contributed by atoms with Crippen molar-refractivity contribution in [3.63, 3.8) is 0 Å². The topological polar surface area (TPSA) is 15.0 Å². The monoisotopic (exact) mass is 131 g/mol. The summed E-state index contributed by atoms with van der Waals surface area (Å²) >= 11 is 1.77. The Hall–Kier alpha value is -0.180. The van der Waals surface area contributed by atoms with Crippen LogP contribution in [0.25, 0.3) is 0 Å². The molecule has 1 heterocycles. The average molecular weight is 131 g/mol. The molecule has 8 heavy (non-hydrogen) atoms. The molecule has 0 radical (unpaired) electrons. The zero-order valence-corrected chi connectivity index (χ0v) is 6.09. The van der Waals surface area contributed by atoms with Crippen LogP contribution in [0.5, 0.6) is 0 Å². The molecule has 0 aromatic rings. The van der Waals surface area contributed by atoms with Gasteiger partial charge < -0.3 is 0 Å². The molecule has 0 fully saturated rings. The Balaban J connectivity index is 2.58. The fourth-order valence-electron chi connectivity index (χ4n) is 0.795. The molecule has 1 aliphatic rings. The Bertz CT molecular complexity index is 120. The second kappa shape index (κ2) is 2.40. The summed E-state index contributed by atoms with van der Waals surface area (Å²) in [5.74, 6) is 0. The van der Waals surface area contributed by atoms with Crippen LogP contribution < -0.4 is 5.32 Å². The molecular weight excluding hydrogens is 120 g/mol. The highest BCUT2D eigenvalue weighted by atomic mass is 32.2. The van der Waals surface area contributed by atoms with Crippen molar-refractivity contribution >= 4 is 16.9 Å². The smallest absolute Gasteiger partial charge is 0.265 e. The molecule has 0 atom stereocenters. The molecule has 0 spiro atoms. The van der Waals surface area contributed by atoms with E-state index in [4.69, 9.17) is 0 Å². The highest BCUT2D eigenvalue weighted by Crippen LogP contribution is 1.96. The Kier molecular flexibility index (Phi) is 1.78. The van der Waals surface area contributed by atoms with Crippen LogP contribution in [0.1, 0.15) is 0 Å². The maximum absolute atomic E-state index is 3.26. The van der Waals surface area contributed by atoms with Crippen molar-refractivity contribution in [3.05, 3.63) is 0 Å². The fourth-order valence-corrected chi connectivity index (χ4v) is 1.44. The summed E-state index contributed by atoms with van der Waals surface area (Å²) in [7, 11) is 2.10. The Morgan fingerprint density at radius 2 is 2.50 bits per heavy atom. The first-order valence-electron chi connectivity index (χ1n) is 2.70. The van der Waals surface area contributed by atoms with E-state index in [2.05, 4.69) is 23.2 Å². The van der Waals surface area contributed by atoms with E-state index in [9.17, 15) is 0 Å². The van der Waals surface area contributed by atoms with Crippen LogP contribution in [-0.4, -0.2) is 36.1 Å². The van der Waals surface area contributed by atoms with Crippen molar-refractivity contribution in [2.75, 3.05) is 26.4 Å². The molecule has 0 amide bonds. The SMILES string of the molecule is CSC1=[N+](C)CCN1. The van der Waals surface area contributed by atoms with Crippen LogP contribution in [0, 0.1) is 0 Å². The van der Waals surface area contributed by atoms with E-state index < -0.39 is 0 Å². The minimum absolute atomic E-state index is 1.10. The van der Waals surface area contributed by atoms with Crippen molar-refractivity contribution in [1.82, 2.24) is 5.32 Å². The molecule has 0 unspecified atom stereocenters. The van der Waals surface area contributed by atoms with Crippen molar-refractivity contribution < 1.29 is 4.58 Å². The lowest BCUT2D eigenvalue weighted by molar-refractivity contribution is -0.483. The molecule has 1 N–H and O–H groups in total. The standard InChI is InChI=1S/C5H10N2S/c1-7-4-3-6-5(7)8-2/h3-4H2,1-2H3/p+1. The van der Waals surface area contributed by atoms with Crippen LogP contribution in [0.2, 0.25) is 0 Å². The van der Waals surface area contributed by atoms with Gasteiger partial charge in [-0.3, -0.25) is 9.89 Å². The molecular formula is C5H11N2S+. The molecule has 0 aliphatic carbocycles. The van der Waals surface area contributed by atoms with Gasteiger partial charge in [0.25, 0.3) is 0 Å². The largest absolute Gasteiger partial charge is 0.305 e. The van der Waals surface area contributed by atoms with Crippen LogP contribution in [0.15, 0.2) is 0 Å². The molecule has 3 heteroatoms. The predicted molar refractivity (Wildman–Crippen MR) is 37.6 cm³/mol. The number of likely N-dealkylation sites (N-methyl/N-ethyl adjacent to an activating group) is 1. The van der Waals surface area contributed by atoms with Gasteiger partial charge in [0.2, 0.25) is 0 Å². The third-order valence-electron chi connectivity index (χ3n) is 1.26. The first kappa shape index (κ1) is 5.95. The van der Waals surface area contributed by atoms with Crippen molar-refractivity contribution in [2.45, 2.75) is 0 Å². The van der Waals surface area contributed by atoms with E-state index in [1.165, 1.54) is 5.17 Å². The Morgan fingerprint density at radius 3 is 2.75 bits per heavy atom. The quantitative estimate of drug-likeness (QED) is 0.464. The molecule has 1 rings (SSSR count). The van der Waals surface area contributed by atoms with Gasteiger partial charge in [-0.15, -0.1) is 0 Å². The summed E-state index contributed by atoms with van der Waals surface area (Å²) in [5, 5.41) is 4.56. The minimum Gasteiger partial charge on any atom is -0.265 e. The van der Waals surface area contributed by atoms with Gasteiger partial charge in [0.05, 0.1) is 7.05 Å². The van der Waals surface area contributed by atoms with E-state index in [0.717, 1.165) is 13.1 Å². The zero-order valence-electron chi connectivity index (χ0n) is 5.27. The fraction of sp³-hybridized carbons (Fsp3) is 0.800. The van der Waals surface area contributed by atoms with Gasteiger partial charge in [-0.2, -0.15) is 0 Å². The molecule has 0 aromatic carbocycles. The normalized spacial score (nSPS) is 19.2. The number of nitrogens with one attached hydrogen (secondary N) is 1. The van der Waals surface area contributed by atoms with Gasteiger partial charge in [0.15, 0.2) is 0 Å². The first-order chi connectivity index (χ1) is 3.84. The summed E-state index contributed by atoms with van der Waals surface area (Å²) in [6, 6.07) is 0. The second-order valence-corrected chi connectivity index (χ2v) is 2.65. The number of hydrogen-bond acceptors (Lipinski definition) is 2. The van der Waals surface area contributed by atoms with E-state index in [-0.39, 0.29) is 0 Å². The summed E-state index contributed by atoms with van der Waals surface area (Å²) in [5.41, 5.74) is 0.